The van der Waals surface area contributed by atoms with Crippen LogP contribution in [0, 0.1) is 18.6 Å². The molecule has 1 aromatic carbocycles. The minimum absolute atomic E-state index is 0.0541. The quantitative estimate of drug-likeness (QED) is 0.846. The molecule has 0 aliphatic carbocycles. The van der Waals surface area contributed by atoms with Gasteiger partial charge in [-0.05, 0) is 18.6 Å². The highest BCUT2D eigenvalue weighted by Gasteiger charge is 2.19. The van der Waals surface area contributed by atoms with Crippen molar-refractivity contribution in [1.29, 1.82) is 0 Å². The lowest BCUT2D eigenvalue weighted by atomic mass is 10.1. The first-order chi connectivity index (χ1) is 7.63. The van der Waals surface area contributed by atoms with Gasteiger partial charge in [-0.15, -0.1) is 0 Å². The summed E-state index contributed by atoms with van der Waals surface area (Å²) < 4.78 is 31.8. The average molecular weight is 225 g/mol. The standard InChI is InChI=1S/C10H9F2N3O/c1-5-2-3-6(11)8(9(5)12)10-14-7(4-13)15-16-10/h2-3H,4,13H2,1H3. The second-order valence-electron chi connectivity index (χ2n) is 3.27. The summed E-state index contributed by atoms with van der Waals surface area (Å²) in [5.74, 6) is -1.43. The average Bonchev–Trinajstić information content (AvgIpc) is 2.73. The summed E-state index contributed by atoms with van der Waals surface area (Å²) in [6.45, 7) is 1.58. The fourth-order valence-corrected chi connectivity index (χ4v) is 1.29. The molecule has 84 valence electrons. The molecule has 0 radical (unpaired) electrons. The van der Waals surface area contributed by atoms with E-state index in [1.54, 1.807) is 0 Å². The van der Waals surface area contributed by atoms with E-state index in [9.17, 15) is 8.78 Å². The highest BCUT2D eigenvalue weighted by Crippen LogP contribution is 2.26. The van der Waals surface area contributed by atoms with Crippen LogP contribution in [0.25, 0.3) is 11.5 Å². The molecular weight excluding hydrogens is 216 g/mol. The molecule has 0 spiro atoms. The fraction of sp³-hybridized carbons (Fsp3) is 0.200. The molecule has 4 nitrogen and oxygen atoms in total. The molecule has 2 N–H and O–H groups in total. The van der Waals surface area contributed by atoms with E-state index in [2.05, 4.69) is 10.1 Å². The minimum Gasteiger partial charge on any atom is -0.334 e. The van der Waals surface area contributed by atoms with Crippen molar-refractivity contribution in [2.45, 2.75) is 13.5 Å². The van der Waals surface area contributed by atoms with E-state index in [1.165, 1.54) is 13.0 Å². The van der Waals surface area contributed by atoms with Crippen molar-refractivity contribution in [2.24, 2.45) is 5.73 Å². The zero-order valence-corrected chi connectivity index (χ0v) is 8.50. The SMILES string of the molecule is Cc1ccc(F)c(-c2nc(CN)no2)c1F. The molecule has 0 bridgehead atoms. The zero-order valence-electron chi connectivity index (χ0n) is 8.50. The summed E-state index contributed by atoms with van der Waals surface area (Å²) >= 11 is 0. The van der Waals surface area contributed by atoms with Crippen LogP contribution < -0.4 is 5.73 Å². The third-order valence-corrected chi connectivity index (χ3v) is 2.15. The second kappa shape index (κ2) is 3.97. The first-order valence-corrected chi connectivity index (χ1v) is 4.61. The van der Waals surface area contributed by atoms with Crippen LogP contribution in [0.5, 0.6) is 0 Å². The molecule has 1 heterocycles. The van der Waals surface area contributed by atoms with Gasteiger partial charge in [0.05, 0.1) is 6.54 Å². The molecule has 0 aliphatic heterocycles. The minimum atomic E-state index is -0.740. The van der Waals surface area contributed by atoms with Crippen molar-refractivity contribution in [1.82, 2.24) is 10.1 Å². The number of hydrogen-bond acceptors (Lipinski definition) is 4. The third kappa shape index (κ3) is 1.67. The summed E-state index contributed by atoms with van der Waals surface area (Å²) in [6, 6.07) is 2.49. The van der Waals surface area contributed by atoms with Gasteiger partial charge >= 0.3 is 0 Å². The van der Waals surface area contributed by atoms with Gasteiger partial charge in [-0.1, -0.05) is 11.2 Å². The number of nitrogens with zero attached hydrogens (tertiary/aromatic N) is 2. The number of aromatic nitrogens is 2. The molecule has 6 heteroatoms. The highest BCUT2D eigenvalue weighted by atomic mass is 19.1. The van der Waals surface area contributed by atoms with Crippen LogP contribution in [0.2, 0.25) is 0 Å². The molecule has 0 fully saturated rings. The van der Waals surface area contributed by atoms with Crippen LogP contribution in [0.15, 0.2) is 16.7 Å². The van der Waals surface area contributed by atoms with E-state index in [1.807, 2.05) is 0 Å². The maximum Gasteiger partial charge on any atom is 0.263 e. The predicted molar refractivity (Wildman–Crippen MR) is 52.3 cm³/mol. The van der Waals surface area contributed by atoms with Crippen LogP contribution in [0.1, 0.15) is 11.4 Å². The molecule has 0 amide bonds. The molecule has 0 saturated heterocycles. The van der Waals surface area contributed by atoms with Crippen molar-refractivity contribution in [3.63, 3.8) is 0 Å². The molecule has 2 aromatic rings. The Morgan fingerprint density at radius 3 is 2.75 bits per heavy atom. The number of rotatable bonds is 2. The Bertz CT molecular complexity index is 525. The van der Waals surface area contributed by atoms with E-state index in [0.29, 0.717) is 5.56 Å². The van der Waals surface area contributed by atoms with Crippen molar-refractivity contribution in [3.05, 3.63) is 35.2 Å². The van der Waals surface area contributed by atoms with Gasteiger partial charge in [0.1, 0.15) is 17.2 Å². The Labute approximate surface area is 90.1 Å². The monoisotopic (exact) mass is 225 g/mol. The van der Waals surface area contributed by atoms with Crippen LogP contribution in [-0.4, -0.2) is 10.1 Å². The lowest BCUT2D eigenvalue weighted by molar-refractivity contribution is 0.417. The smallest absolute Gasteiger partial charge is 0.263 e. The van der Waals surface area contributed by atoms with Gasteiger partial charge in [-0.25, -0.2) is 8.78 Å². The Morgan fingerprint density at radius 1 is 1.38 bits per heavy atom. The van der Waals surface area contributed by atoms with E-state index < -0.39 is 11.6 Å². The number of hydrogen-bond donors (Lipinski definition) is 1. The van der Waals surface area contributed by atoms with Crippen molar-refractivity contribution >= 4 is 0 Å². The zero-order chi connectivity index (χ0) is 11.7. The molecule has 0 aliphatic rings. The van der Waals surface area contributed by atoms with Gasteiger partial charge in [0.25, 0.3) is 5.89 Å². The normalized spacial score (nSPS) is 10.8. The lowest BCUT2D eigenvalue weighted by Crippen LogP contribution is -1.98. The first-order valence-electron chi connectivity index (χ1n) is 4.61. The fourth-order valence-electron chi connectivity index (χ4n) is 1.29. The number of benzene rings is 1. The Hall–Kier alpha value is -1.82. The maximum absolute atomic E-state index is 13.7. The molecule has 2 rings (SSSR count). The van der Waals surface area contributed by atoms with Crippen molar-refractivity contribution in [2.75, 3.05) is 0 Å². The molecule has 1 aromatic heterocycles. The van der Waals surface area contributed by atoms with Crippen LogP contribution in [0.3, 0.4) is 0 Å². The van der Waals surface area contributed by atoms with Gasteiger partial charge in [0, 0.05) is 0 Å². The van der Waals surface area contributed by atoms with Gasteiger partial charge < -0.3 is 10.3 Å². The summed E-state index contributed by atoms with van der Waals surface area (Å²) in [6.07, 6.45) is 0. The number of halogens is 2. The Kier molecular flexibility index (Phi) is 2.66. The largest absolute Gasteiger partial charge is 0.334 e. The maximum atomic E-state index is 13.7. The van der Waals surface area contributed by atoms with Crippen LogP contribution in [-0.2, 0) is 6.54 Å². The Morgan fingerprint density at radius 2 is 2.12 bits per heavy atom. The van der Waals surface area contributed by atoms with Gasteiger partial charge in [0.2, 0.25) is 0 Å². The predicted octanol–water partition coefficient (Wildman–Crippen LogP) is 1.78. The highest BCUT2D eigenvalue weighted by molar-refractivity contribution is 5.56. The summed E-state index contributed by atoms with van der Waals surface area (Å²) in [4.78, 5) is 3.78. The second-order valence-corrected chi connectivity index (χ2v) is 3.27. The van der Waals surface area contributed by atoms with Gasteiger partial charge in [0.15, 0.2) is 5.82 Å². The lowest BCUT2D eigenvalue weighted by Gasteiger charge is -2.01. The van der Waals surface area contributed by atoms with Crippen molar-refractivity contribution < 1.29 is 13.3 Å². The Balaban J connectivity index is 2.58. The van der Waals surface area contributed by atoms with Crippen molar-refractivity contribution in [3.8, 4) is 11.5 Å². The summed E-state index contributed by atoms with van der Waals surface area (Å²) in [5, 5.41) is 3.48. The molecule has 0 atom stereocenters. The van der Waals surface area contributed by atoms with E-state index in [4.69, 9.17) is 10.3 Å². The van der Waals surface area contributed by atoms with E-state index in [0.717, 1.165) is 6.07 Å². The molecular formula is C10H9F2N3O. The summed E-state index contributed by atoms with van der Waals surface area (Å²) in [5.41, 5.74) is 5.27. The van der Waals surface area contributed by atoms with E-state index >= 15 is 0 Å². The number of nitrogens with two attached hydrogens (primary N) is 1. The molecule has 0 saturated carbocycles. The third-order valence-electron chi connectivity index (χ3n) is 2.15. The summed E-state index contributed by atoms with van der Waals surface area (Å²) in [7, 11) is 0. The molecule has 0 unspecified atom stereocenters. The number of aryl methyl sites for hydroxylation is 1. The van der Waals surface area contributed by atoms with E-state index in [-0.39, 0.29) is 23.8 Å². The molecule has 16 heavy (non-hydrogen) atoms. The van der Waals surface area contributed by atoms with Gasteiger partial charge in [-0.3, -0.25) is 0 Å². The van der Waals surface area contributed by atoms with Crippen LogP contribution >= 0.6 is 0 Å². The topological polar surface area (TPSA) is 64.9 Å². The van der Waals surface area contributed by atoms with Crippen LogP contribution in [0.4, 0.5) is 8.78 Å². The first kappa shape index (κ1) is 10.7. The van der Waals surface area contributed by atoms with Gasteiger partial charge in [-0.2, -0.15) is 4.98 Å².